The summed E-state index contributed by atoms with van der Waals surface area (Å²) >= 11 is 5.94. The molecule has 5 nitrogen and oxygen atoms in total. The third-order valence-electron chi connectivity index (χ3n) is 5.13. The normalized spacial score (nSPS) is 15.8. The molecule has 7 heteroatoms. The van der Waals surface area contributed by atoms with Gasteiger partial charge in [-0.15, -0.1) is 0 Å². The number of hydrogen-bond donors (Lipinski definition) is 0. The van der Waals surface area contributed by atoms with Crippen LogP contribution >= 0.6 is 11.6 Å². The molecule has 0 bridgehead atoms. The number of halogens is 1. The Morgan fingerprint density at radius 1 is 1.07 bits per heavy atom. The number of hydrogen-bond acceptors (Lipinski definition) is 4. The molecule has 1 aliphatic heterocycles. The van der Waals surface area contributed by atoms with Crippen molar-refractivity contribution in [2.24, 2.45) is 5.92 Å². The van der Waals surface area contributed by atoms with Crippen LogP contribution in [0.25, 0.3) is 0 Å². The molecule has 0 unspecified atom stereocenters. The van der Waals surface area contributed by atoms with Crippen LogP contribution in [0.1, 0.15) is 39.2 Å². The van der Waals surface area contributed by atoms with Crippen molar-refractivity contribution in [2.45, 2.75) is 55.4 Å². The molecule has 0 aromatic heterocycles. The molecule has 0 radical (unpaired) electrons. The Morgan fingerprint density at radius 2 is 1.70 bits per heavy atom. The maximum atomic E-state index is 12.8. The molecule has 1 saturated heterocycles. The molecular weight excluding hydrogens is 422 g/mol. The lowest BCUT2D eigenvalue weighted by Gasteiger charge is -2.33. The lowest BCUT2D eigenvalue weighted by atomic mass is 9.90. The van der Waals surface area contributed by atoms with Crippen LogP contribution < -0.4 is 0 Å². The van der Waals surface area contributed by atoms with Gasteiger partial charge >= 0.3 is 6.09 Å². The third kappa shape index (κ3) is 5.76. The molecule has 0 saturated carbocycles. The number of benzene rings is 2. The average Bonchev–Trinajstić information content (AvgIpc) is 2.68. The molecule has 1 fully saturated rings. The zero-order chi connectivity index (χ0) is 21.9. The highest BCUT2D eigenvalue weighted by Gasteiger charge is 2.27. The fourth-order valence-electron chi connectivity index (χ4n) is 3.55. The summed E-state index contributed by atoms with van der Waals surface area (Å²) < 4.78 is 31.0. The van der Waals surface area contributed by atoms with Crippen LogP contribution in [0.5, 0.6) is 0 Å². The van der Waals surface area contributed by atoms with Gasteiger partial charge in [0.2, 0.25) is 9.84 Å². The monoisotopic (exact) mass is 449 g/mol. The third-order valence-corrected chi connectivity index (χ3v) is 7.13. The Morgan fingerprint density at radius 3 is 2.27 bits per heavy atom. The van der Waals surface area contributed by atoms with Crippen LogP contribution in [-0.4, -0.2) is 38.1 Å². The van der Waals surface area contributed by atoms with E-state index in [1.807, 2.05) is 32.9 Å². The minimum Gasteiger partial charge on any atom is -0.444 e. The van der Waals surface area contributed by atoms with E-state index in [0.717, 1.165) is 24.8 Å². The topological polar surface area (TPSA) is 63.7 Å². The second-order valence-corrected chi connectivity index (χ2v) is 11.1. The van der Waals surface area contributed by atoms with Gasteiger partial charge < -0.3 is 9.64 Å². The fraction of sp³-hybridized carbons (Fsp3) is 0.435. The summed E-state index contributed by atoms with van der Waals surface area (Å²) in [6.45, 7) is 6.97. The van der Waals surface area contributed by atoms with Crippen molar-refractivity contribution in [1.82, 2.24) is 4.90 Å². The van der Waals surface area contributed by atoms with E-state index >= 15 is 0 Å². The lowest BCUT2D eigenvalue weighted by molar-refractivity contribution is 0.0184. The van der Waals surface area contributed by atoms with E-state index in [0.29, 0.717) is 24.0 Å². The van der Waals surface area contributed by atoms with E-state index in [9.17, 15) is 13.2 Å². The number of likely N-dealkylation sites (tertiary alicyclic amines) is 1. The number of rotatable bonds is 4. The SMILES string of the molecule is CC(C)(C)OC(=O)N1CCC(Cc2ccc(S(=O)(=O)c3cccc(Cl)c3)cc2)CC1. The smallest absolute Gasteiger partial charge is 0.410 e. The highest BCUT2D eigenvalue weighted by molar-refractivity contribution is 7.91. The first-order valence-electron chi connectivity index (χ1n) is 10.1. The molecule has 30 heavy (non-hydrogen) atoms. The quantitative estimate of drug-likeness (QED) is 0.630. The molecule has 0 atom stereocenters. The van der Waals surface area contributed by atoms with Gasteiger partial charge in [-0.3, -0.25) is 0 Å². The van der Waals surface area contributed by atoms with Crippen molar-refractivity contribution in [3.63, 3.8) is 0 Å². The van der Waals surface area contributed by atoms with Gasteiger partial charge in [0.25, 0.3) is 0 Å². The minimum absolute atomic E-state index is 0.192. The molecule has 3 rings (SSSR count). The highest BCUT2D eigenvalue weighted by Crippen LogP contribution is 2.26. The summed E-state index contributed by atoms with van der Waals surface area (Å²) in [5.74, 6) is 0.457. The van der Waals surface area contributed by atoms with Crippen molar-refractivity contribution in [2.75, 3.05) is 13.1 Å². The van der Waals surface area contributed by atoms with Crippen molar-refractivity contribution in [3.8, 4) is 0 Å². The van der Waals surface area contributed by atoms with Crippen LogP contribution in [0.3, 0.4) is 0 Å². The predicted octanol–water partition coefficient (Wildman–Crippen LogP) is 5.36. The first kappa shape index (κ1) is 22.6. The van der Waals surface area contributed by atoms with Crippen molar-refractivity contribution < 1.29 is 17.9 Å². The summed E-state index contributed by atoms with van der Waals surface area (Å²) in [6.07, 6.45) is 2.42. The Labute approximate surface area is 183 Å². The summed E-state index contributed by atoms with van der Waals surface area (Å²) in [4.78, 5) is 14.4. The zero-order valence-electron chi connectivity index (χ0n) is 17.6. The van der Waals surface area contributed by atoms with Crippen LogP contribution in [0.4, 0.5) is 4.79 Å². The van der Waals surface area contributed by atoms with E-state index in [-0.39, 0.29) is 15.9 Å². The van der Waals surface area contributed by atoms with Gasteiger partial charge in [0, 0.05) is 18.1 Å². The highest BCUT2D eigenvalue weighted by atomic mass is 35.5. The molecule has 1 amide bonds. The number of nitrogens with zero attached hydrogens (tertiary/aromatic N) is 1. The first-order chi connectivity index (χ1) is 14.0. The molecule has 162 valence electrons. The summed E-state index contributed by atoms with van der Waals surface area (Å²) in [5, 5.41) is 0.394. The zero-order valence-corrected chi connectivity index (χ0v) is 19.2. The molecular formula is C23H28ClNO4S. The molecule has 0 N–H and O–H groups in total. The Hall–Kier alpha value is -2.05. The van der Waals surface area contributed by atoms with Gasteiger partial charge in [-0.2, -0.15) is 0 Å². The summed E-state index contributed by atoms with van der Waals surface area (Å²) in [6, 6.07) is 13.3. The summed E-state index contributed by atoms with van der Waals surface area (Å²) in [7, 11) is -3.59. The first-order valence-corrected chi connectivity index (χ1v) is 12.0. The average molecular weight is 450 g/mol. The minimum atomic E-state index is -3.59. The number of amides is 1. The largest absolute Gasteiger partial charge is 0.444 e. The molecule has 1 heterocycles. The van der Waals surface area contributed by atoms with E-state index in [2.05, 4.69) is 0 Å². The van der Waals surface area contributed by atoms with Gasteiger partial charge in [-0.25, -0.2) is 13.2 Å². The van der Waals surface area contributed by atoms with Gasteiger partial charge in [0.1, 0.15) is 5.60 Å². The number of piperidine rings is 1. The maximum Gasteiger partial charge on any atom is 0.410 e. The number of carbonyl (C=O) groups is 1. The maximum absolute atomic E-state index is 12.8. The Balaban J connectivity index is 1.59. The van der Waals surface area contributed by atoms with Crippen molar-refractivity contribution in [1.29, 1.82) is 0 Å². The van der Waals surface area contributed by atoms with Crippen LogP contribution in [-0.2, 0) is 21.0 Å². The second kappa shape index (κ2) is 8.98. The molecule has 1 aliphatic rings. The second-order valence-electron chi connectivity index (χ2n) is 8.72. The summed E-state index contributed by atoms with van der Waals surface area (Å²) in [5.41, 5.74) is 0.608. The molecule has 0 aliphatic carbocycles. The number of ether oxygens (including phenoxy) is 1. The van der Waals surface area contributed by atoms with Crippen molar-refractivity contribution in [3.05, 3.63) is 59.1 Å². The van der Waals surface area contributed by atoms with Crippen molar-refractivity contribution >= 4 is 27.5 Å². The molecule has 0 spiro atoms. The predicted molar refractivity (Wildman–Crippen MR) is 118 cm³/mol. The Bertz CT molecular complexity index is 989. The van der Waals surface area contributed by atoms with E-state index in [1.54, 1.807) is 35.2 Å². The van der Waals surface area contributed by atoms with Crippen LogP contribution in [0.15, 0.2) is 58.3 Å². The lowest BCUT2D eigenvalue weighted by Crippen LogP contribution is -2.42. The van der Waals surface area contributed by atoms with Crippen LogP contribution in [0.2, 0.25) is 5.02 Å². The van der Waals surface area contributed by atoms with Gasteiger partial charge in [-0.1, -0.05) is 29.8 Å². The fourth-order valence-corrected chi connectivity index (χ4v) is 5.12. The van der Waals surface area contributed by atoms with E-state index in [4.69, 9.17) is 16.3 Å². The van der Waals surface area contributed by atoms with Crippen LogP contribution in [0, 0.1) is 5.92 Å². The molecule has 2 aromatic carbocycles. The standard InChI is InChI=1S/C23H28ClNO4S/c1-23(2,3)29-22(26)25-13-11-18(12-14-25)15-17-7-9-20(10-8-17)30(27,28)21-6-4-5-19(24)16-21/h4-10,16,18H,11-15H2,1-3H3. The number of sulfone groups is 1. The molecule has 2 aromatic rings. The van der Waals surface area contributed by atoms with E-state index in [1.165, 1.54) is 6.07 Å². The van der Waals surface area contributed by atoms with Gasteiger partial charge in [0.15, 0.2) is 0 Å². The van der Waals surface area contributed by atoms with Gasteiger partial charge in [0.05, 0.1) is 9.79 Å². The Kier molecular flexibility index (Phi) is 6.78. The van der Waals surface area contributed by atoms with Gasteiger partial charge in [-0.05, 0) is 81.8 Å². The van der Waals surface area contributed by atoms with E-state index < -0.39 is 15.4 Å². The number of carbonyl (C=O) groups excluding carboxylic acids is 1.